The van der Waals surface area contributed by atoms with Gasteiger partial charge >= 0.3 is 5.69 Å². The summed E-state index contributed by atoms with van der Waals surface area (Å²) < 4.78 is 31.7. The van der Waals surface area contributed by atoms with Gasteiger partial charge in [0.25, 0.3) is 10.1 Å². The highest BCUT2D eigenvalue weighted by Gasteiger charge is 2.31. The molecule has 20 heavy (non-hydrogen) atoms. The Hall–Kier alpha value is -1.87. The molecule has 1 heterocycles. The first-order valence-electron chi connectivity index (χ1n) is 5.76. The monoisotopic (exact) mass is 302 g/mol. The number of nitrogens with zero attached hydrogens (tertiary/aromatic N) is 2. The summed E-state index contributed by atoms with van der Waals surface area (Å²) in [6.45, 7) is 0.821. The van der Waals surface area contributed by atoms with Crippen LogP contribution in [0.25, 0.3) is 0 Å². The second kappa shape index (κ2) is 5.25. The van der Waals surface area contributed by atoms with Crippen molar-refractivity contribution in [1.29, 1.82) is 0 Å². The Labute approximate surface area is 116 Å². The number of rotatable bonds is 5. The number of benzene rings is 1. The maximum atomic E-state index is 11.0. The largest absolute Gasteiger partial charge is 0.490 e. The molecule has 1 saturated heterocycles. The van der Waals surface area contributed by atoms with Crippen LogP contribution in [0.3, 0.4) is 0 Å². The maximum absolute atomic E-state index is 11.0. The van der Waals surface area contributed by atoms with Crippen molar-refractivity contribution in [2.24, 2.45) is 0 Å². The van der Waals surface area contributed by atoms with Crippen LogP contribution in [0.2, 0.25) is 0 Å². The van der Waals surface area contributed by atoms with Crippen LogP contribution in [0.1, 0.15) is 0 Å². The highest BCUT2D eigenvalue weighted by atomic mass is 32.2. The molecule has 0 radical (unpaired) electrons. The van der Waals surface area contributed by atoms with E-state index in [1.807, 2.05) is 4.90 Å². The van der Waals surface area contributed by atoms with Crippen molar-refractivity contribution < 1.29 is 22.3 Å². The zero-order valence-electron chi connectivity index (χ0n) is 11.0. The number of methoxy groups -OCH3 is 1. The summed E-state index contributed by atoms with van der Waals surface area (Å²) in [4.78, 5) is 12.1. The first kappa shape index (κ1) is 14.5. The molecule has 2 rings (SSSR count). The molecule has 0 atom stereocenters. The molecule has 8 nitrogen and oxygen atoms in total. The molecule has 1 aliphatic rings. The van der Waals surface area contributed by atoms with Gasteiger partial charge < -0.3 is 9.64 Å². The van der Waals surface area contributed by atoms with E-state index in [-0.39, 0.29) is 17.5 Å². The fourth-order valence-corrected chi connectivity index (χ4v) is 2.59. The number of hydrogen-bond donors (Lipinski definition) is 0. The predicted molar refractivity (Wildman–Crippen MR) is 71.6 cm³/mol. The molecular formula is C11H14N2O6S. The van der Waals surface area contributed by atoms with E-state index in [0.29, 0.717) is 13.1 Å². The molecule has 0 spiro atoms. The van der Waals surface area contributed by atoms with Gasteiger partial charge in [0.2, 0.25) is 0 Å². The number of anilines is 1. The molecule has 0 aliphatic carbocycles. The molecule has 0 amide bonds. The van der Waals surface area contributed by atoms with Crippen LogP contribution in [-0.4, -0.2) is 45.9 Å². The van der Waals surface area contributed by atoms with Gasteiger partial charge in [-0.2, -0.15) is 8.42 Å². The average molecular weight is 302 g/mol. The van der Waals surface area contributed by atoms with Gasteiger partial charge in [-0.05, 0) is 6.07 Å². The normalized spacial score (nSPS) is 15.8. The molecule has 9 heteroatoms. The zero-order valence-corrected chi connectivity index (χ0v) is 11.8. The number of nitro benzene ring substituents is 1. The third-order valence-corrected chi connectivity index (χ3v) is 3.51. The van der Waals surface area contributed by atoms with Crippen molar-refractivity contribution in [2.45, 2.75) is 6.10 Å². The van der Waals surface area contributed by atoms with E-state index in [1.54, 1.807) is 12.1 Å². The Balaban J connectivity index is 2.07. The minimum absolute atomic E-state index is 0.110. The number of hydrogen-bond acceptors (Lipinski definition) is 7. The van der Waals surface area contributed by atoms with Crippen LogP contribution in [0, 0.1) is 10.1 Å². The SMILES string of the molecule is COc1cc(N2CC(OS(C)(=O)=O)C2)ccc1[N+](=O)[O-]. The summed E-state index contributed by atoms with van der Waals surface area (Å²) in [5, 5.41) is 10.8. The van der Waals surface area contributed by atoms with E-state index < -0.39 is 15.0 Å². The lowest BCUT2D eigenvalue weighted by atomic mass is 10.1. The van der Waals surface area contributed by atoms with Crippen molar-refractivity contribution in [2.75, 3.05) is 31.4 Å². The minimum atomic E-state index is -3.46. The molecule has 1 fully saturated rings. The fourth-order valence-electron chi connectivity index (χ4n) is 1.97. The molecule has 0 bridgehead atoms. The van der Waals surface area contributed by atoms with Crippen LogP contribution in [0.4, 0.5) is 11.4 Å². The summed E-state index contributed by atoms with van der Waals surface area (Å²) in [6.07, 6.45) is 0.621. The quantitative estimate of drug-likeness (QED) is 0.450. The smallest absolute Gasteiger partial charge is 0.311 e. The molecule has 0 unspecified atom stereocenters. The fraction of sp³-hybridized carbons (Fsp3) is 0.455. The Kier molecular flexibility index (Phi) is 3.82. The molecule has 1 aromatic carbocycles. The summed E-state index contributed by atoms with van der Waals surface area (Å²) >= 11 is 0. The third-order valence-electron chi connectivity index (χ3n) is 2.88. The molecule has 1 aromatic rings. The van der Waals surface area contributed by atoms with E-state index in [0.717, 1.165) is 11.9 Å². The highest BCUT2D eigenvalue weighted by Crippen LogP contribution is 2.33. The standard InChI is InChI=1S/C11H14N2O6S/c1-18-11-5-8(3-4-10(11)13(14)15)12-6-9(7-12)19-20(2,16)17/h3-5,9H,6-7H2,1-2H3. The summed E-state index contributed by atoms with van der Waals surface area (Å²) in [5.41, 5.74) is 0.613. The van der Waals surface area contributed by atoms with Crippen LogP contribution >= 0.6 is 0 Å². The summed E-state index contributed by atoms with van der Waals surface area (Å²) in [5.74, 6) is 0.167. The first-order valence-corrected chi connectivity index (χ1v) is 7.57. The minimum Gasteiger partial charge on any atom is -0.490 e. The Morgan fingerprint density at radius 3 is 2.55 bits per heavy atom. The lowest BCUT2D eigenvalue weighted by molar-refractivity contribution is -0.385. The van der Waals surface area contributed by atoms with Crippen molar-refractivity contribution in [1.82, 2.24) is 0 Å². The van der Waals surface area contributed by atoms with Gasteiger partial charge in [-0.15, -0.1) is 0 Å². The van der Waals surface area contributed by atoms with E-state index >= 15 is 0 Å². The lowest BCUT2D eigenvalue weighted by Gasteiger charge is -2.39. The molecular weight excluding hydrogens is 288 g/mol. The van der Waals surface area contributed by atoms with Crippen LogP contribution in [-0.2, 0) is 14.3 Å². The van der Waals surface area contributed by atoms with Gasteiger partial charge in [0.1, 0.15) is 6.10 Å². The number of ether oxygens (including phenoxy) is 1. The molecule has 0 N–H and O–H groups in total. The maximum Gasteiger partial charge on any atom is 0.311 e. The molecule has 110 valence electrons. The Bertz CT molecular complexity index is 624. The molecule has 0 saturated carbocycles. The van der Waals surface area contributed by atoms with Gasteiger partial charge in [0.05, 0.1) is 18.3 Å². The second-order valence-corrected chi connectivity index (χ2v) is 6.04. The van der Waals surface area contributed by atoms with Crippen LogP contribution in [0.15, 0.2) is 18.2 Å². The van der Waals surface area contributed by atoms with Crippen molar-refractivity contribution in [3.8, 4) is 5.75 Å². The van der Waals surface area contributed by atoms with E-state index in [4.69, 9.17) is 8.92 Å². The zero-order chi connectivity index (χ0) is 14.9. The average Bonchev–Trinajstić information content (AvgIpc) is 2.31. The predicted octanol–water partition coefficient (Wildman–Crippen LogP) is 0.768. The Morgan fingerprint density at radius 1 is 1.40 bits per heavy atom. The Morgan fingerprint density at radius 2 is 2.05 bits per heavy atom. The molecule has 1 aliphatic heterocycles. The third kappa shape index (κ3) is 3.17. The highest BCUT2D eigenvalue weighted by molar-refractivity contribution is 7.86. The summed E-state index contributed by atoms with van der Waals surface area (Å²) in [6, 6.07) is 4.50. The van der Waals surface area contributed by atoms with Gasteiger partial charge in [0.15, 0.2) is 5.75 Å². The van der Waals surface area contributed by atoms with Crippen molar-refractivity contribution in [3.05, 3.63) is 28.3 Å². The van der Waals surface area contributed by atoms with E-state index in [1.165, 1.54) is 13.2 Å². The van der Waals surface area contributed by atoms with Crippen molar-refractivity contribution in [3.63, 3.8) is 0 Å². The van der Waals surface area contributed by atoms with Gasteiger partial charge in [0, 0.05) is 30.9 Å². The van der Waals surface area contributed by atoms with Crippen LogP contribution < -0.4 is 9.64 Å². The lowest BCUT2D eigenvalue weighted by Crippen LogP contribution is -2.53. The van der Waals surface area contributed by atoms with E-state index in [2.05, 4.69) is 0 Å². The van der Waals surface area contributed by atoms with Crippen molar-refractivity contribution >= 4 is 21.5 Å². The molecule has 0 aromatic heterocycles. The second-order valence-electron chi connectivity index (χ2n) is 4.44. The van der Waals surface area contributed by atoms with Gasteiger partial charge in [-0.1, -0.05) is 0 Å². The first-order chi connectivity index (χ1) is 9.30. The summed E-state index contributed by atoms with van der Waals surface area (Å²) in [7, 11) is -2.10. The van der Waals surface area contributed by atoms with Gasteiger partial charge in [-0.25, -0.2) is 0 Å². The topological polar surface area (TPSA) is 99.0 Å². The van der Waals surface area contributed by atoms with E-state index in [9.17, 15) is 18.5 Å². The van der Waals surface area contributed by atoms with Crippen LogP contribution in [0.5, 0.6) is 5.75 Å². The number of nitro groups is 1. The van der Waals surface area contributed by atoms with Gasteiger partial charge in [-0.3, -0.25) is 14.3 Å².